The van der Waals surface area contributed by atoms with E-state index >= 15 is 0 Å². The molecule has 3 aromatic carbocycles. The largest absolute Gasteiger partial charge is 0.444 e. The van der Waals surface area contributed by atoms with Gasteiger partial charge in [0.05, 0.1) is 11.4 Å². The van der Waals surface area contributed by atoms with Crippen LogP contribution >= 0.6 is 11.8 Å². The predicted molar refractivity (Wildman–Crippen MR) is 129 cm³/mol. The number of aromatic nitrogens is 1. The van der Waals surface area contributed by atoms with Crippen LogP contribution < -0.4 is 4.90 Å². The zero-order valence-corrected chi connectivity index (χ0v) is 18.5. The zero-order valence-electron chi connectivity index (χ0n) is 17.7. The Hall–Kier alpha value is -4.04. The molecule has 0 saturated carbocycles. The monoisotopic (exact) mass is 473 g/mol. The summed E-state index contributed by atoms with van der Waals surface area (Å²) >= 11 is 1.31. The van der Waals surface area contributed by atoms with Crippen LogP contribution in [0.2, 0.25) is 0 Å². The maximum Gasteiger partial charge on any atom is 0.283 e. The summed E-state index contributed by atoms with van der Waals surface area (Å²) < 4.78 is 32.2. The van der Waals surface area contributed by atoms with Gasteiger partial charge in [-0.3, -0.25) is 9.69 Å². The average molecular weight is 474 g/mol. The fraction of sp³-hybridized carbons (Fsp3) is 0.0385. The fourth-order valence-electron chi connectivity index (χ4n) is 3.35. The minimum Gasteiger partial charge on any atom is -0.444 e. The van der Waals surface area contributed by atoms with Crippen molar-refractivity contribution in [2.75, 3.05) is 4.90 Å². The Labute approximate surface area is 198 Å². The Morgan fingerprint density at radius 3 is 2.29 bits per heavy atom. The molecule has 1 aliphatic heterocycles. The van der Waals surface area contributed by atoms with Crippen LogP contribution in [0.5, 0.6) is 0 Å². The Morgan fingerprint density at radius 1 is 0.912 bits per heavy atom. The number of carbonyl (C=O) groups excluding carboxylic acids is 1. The number of nitrogens with zero attached hydrogens (tertiary/aromatic N) is 3. The molecule has 168 valence electrons. The minimum absolute atomic E-state index is 0.283. The summed E-state index contributed by atoms with van der Waals surface area (Å²) in [5.41, 5.74) is 2.94. The molecule has 5 nitrogen and oxygen atoms in total. The maximum atomic E-state index is 13.5. The number of benzene rings is 3. The van der Waals surface area contributed by atoms with E-state index in [1.807, 2.05) is 30.3 Å². The van der Waals surface area contributed by atoms with E-state index in [1.54, 1.807) is 18.2 Å². The number of aliphatic imine (C=N–C) groups is 1. The molecule has 0 aliphatic carbocycles. The van der Waals surface area contributed by atoms with Gasteiger partial charge < -0.3 is 4.42 Å². The summed E-state index contributed by atoms with van der Waals surface area (Å²) in [5, 5.41) is 0.449. The lowest BCUT2D eigenvalue weighted by atomic mass is 10.2. The van der Waals surface area contributed by atoms with Crippen molar-refractivity contribution in [3.63, 3.8) is 0 Å². The lowest BCUT2D eigenvalue weighted by Gasteiger charge is -2.17. The smallest absolute Gasteiger partial charge is 0.283 e. The van der Waals surface area contributed by atoms with Crippen molar-refractivity contribution in [3.05, 3.63) is 114 Å². The molecule has 1 aliphatic rings. The van der Waals surface area contributed by atoms with E-state index in [-0.39, 0.29) is 17.4 Å². The molecule has 0 bridgehead atoms. The highest BCUT2D eigenvalue weighted by Gasteiger charge is 2.32. The molecule has 5 rings (SSSR count). The van der Waals surface area contributed by atoms with E-state index in [9.17, 15) is 13.6 Å². The van der Waals surface area contributed by atoms with Gasteiger partial charge in [0.1, 0.15) is 23.6 Å². The van der Waals surface area contributed by atoms with Crippen molar-refractivity contribution in [2.24, 2.45) is 4.99 Å². The van der Waals surface area contributed by atoms with Gasteiger partial charge in [-0.15, -0.1) is 0 Å². The molecule has 1 amide bonds. The molecule has 1 aromatic heterocycles. The van der Waals surface area contributed by atoms with Gasteiger partial charge in [-0.25, -0.2) is 18.8 Å². The van der Waals surface area contributed by atoms with Gasteiger partial charge in [-0.2, -0.15) is 0 Å². The average Bonchev–Trinajstić information content (AvgIpc) is 3.44. The molecular weight excluding hydrogens is 456 g/mol. The van der Waals surface area contributed by atoms with Crippen LogP contribution in [0.3, 0.4) is 0 Å². The molecule has 0 unspecified atom stereocenters. The van der Waals surface area contributed by atoms with Gasteiger partial charge in [0.15, 0.2) is 5.17 Å². The summed E-state index contributed by atoms with van der Waals surface area (Å²) in [7, 11) is 0. The van der Waals surface area contributed by atoms with Gasteiger partial charge >= 0.3 is 0 Å². The predicted octanol–water partition coefficient (Wildman–Crippen LogP) is 6.30. The first kappa shape index (κ1) is 21.8. The number of amidine groups is 1. The number of hydrogen-bond donors (Lipinski definition) is 0. The van der Waals surface area contributed by atoms with Crippen LogP contribution in [0.25, 0.3) is 17.5 Å². The van der Waals surface area contributed by atoms with Gasteiger partial charge in [0, 0.05) is 11.3 Å². The molecule has 0 fully saturated rings. The fourth-order valence-corrected chi connectivity index (χ4v) is 4.24. The van der Waals surface area contributed by atoms with Crippen molar-refractivity contribution < 1.29 is 18.0 Å². The van der Waals surface area contributed by atoms with Crippen molar-refractivity contribution in [3.8, 4) is 11.5 Å². The van der Waals surface area contributed by atoms with Crippen LogP contribution in [-0.2, 0) is 10.5 Å². The molecule has 0 spiro atoms. The molecule has 0 N–H and O–H groups in total. The van der Waals surface area contributed by atoms with Crippen LogP contribution in [0.4, 0.5) is 14.5 Å². The minimum atomic E-state index is -0.391. The first-order chi connectivity index (χ1) is 16.6. The summed E-state index contributed by atoms with van der Waals surface area (Å²) in [6, 6.07) is 21.0. The van der Waals surface area contributed by atoms with E-state index in [4.69, 9.17) is 4.42 Å². The quantitative estimate of drug-likeness (QED) is 0.319. The third kappa shape index (κ3) is 4.67. The summed E-state index contributed by atoms with van der Waals surface area (Å²) in [6.45, 7) is 0. The molecule has 0 radical (unpaired) electrons. The lowest BCUT2D eigenvalue weighted by Crippen LogP contribution is -2.30. The first-order valence-corrected chi connectivity index (χ1v) is 11.3. The SMILES string of the molecule is O=C1/C(=C\c2ccccc2)N=C(SCc2coc(-c3ccc(F)cc3)n2)N1c1ccc(F)cc1. The van der Waals surface area contributed by atoms with E-state index in [1.165, 1.54) is 59.3 Å². The van der Waals surface area contributed by atoms with Crippen molar-refractivity contribution in [1.82, 2.24) is 4.98 Å². The number of carbonyl (C=O) groups is 1. The summed E-state index contributed by atoms with van der Waals surface area (Å²) in [5.74, 6) is -0.273. The Kier molecular flexibility index (Phi) is 6.05. The van der Waals surface area contributed by atoms with E-state index < -0.39 is 5.82 Å². The third-order valence-corrected chi connectivity index (χ3v) is 5.98. The molecule has 34 heavy (non-hydrogen) atoms. The number of anilines is 1. The van der Waals surface area contributed by atoms with Crippen molar-refractivity contribution in [2.45, 2.75) is 5.75 Å². The Bertz CT molecular complexity index is 1380. The molecule has 0 saturated heterocycles. The van der Waals surface area contributed by atoms with Crippen LogP contribution in [0, 0.1) is 11.6 Å². The normalized spacial score (nSPS) is 14.6. The van der Waals surface area contributed by atoms with Crippen LogP contribution in [0.1, 0.15) is 11.3 Å². The highest BCUT2D eigenvalue weighted by molar-refractivity contribution is 8.13. The van der Waals surface area contributed by atoms with Gasteiger partial charge in [-0.05, 0) is 60.2 Å². The second-order valence-corrected chi connectivity index (χ2v) is 8.33. The lowest BCUT2D eigenvalue weighted by molar-refractivity contribution is -0.113. The number of rotatable bonds is 5. The Balaban J connectivity index is 1.40. The second-order valence-electron chi connectivity index (χ2n) is 7.39. The number of halogens is 2. The van der Waals surface area contributed by atoms with Crippen LogP contribution in [0.15, 0.2) is 100 Å². The molecule has 8 heteroatoms. The number of amides is 1. The van der Waals surface area contributed by atoms with Gasteiger partial charge in [0.25, 0.3) is 5.91 Å². The second kappa shape index (κ2) is 9.44. The molecule has 4 aromatic rings. The first-order valence-electron chi connectivity index (χ1n) is 10.4. The van der Waals surface area contributed by atoms with Gasteiger partial charge in [0.2, 0.25) is 5.89 Å². The van der Waals surface area contributed by atoms with E-state index in [2.05, 4.69) is 9.98 Å². The van der Waals surface area contributed by atoms with Crippen molar-refractivity contribution >= 4 is 34.6 Å². The van der Waals surface area contributed by atoms with Crippen molar-refractivity contribution in [1.29, 1.82) is 0 Å². The highest BCUT2D eigenvalue weighted by Crippen LogP contribution is 2.31. The van der Waals surface area contributed by atoms with Gasteiger partial charge in [-0.1, -0.05) is 42.1 Å². The zero-order chi connectivity index (χ0) is 23.5. The topological polar surface area (TPSA) is 58.7 Å². The number of hydrogen-bond acceptors (Lipinski definition) is 5. The summed E-state index contributed by atoms with van der Waals surface area (Å²) in [6.07, 6.45) is 3.24. The maximum absolute atomic E-state index is 13.5. The van der Waals surface area contributed by atoms with E-state index in [0.29, 0.717) is 33.8 Å². The summed E-state index contributed by atoms with van der Waals surface area (Å²) in [4.78, 5) is 23.7. The molecule has 2 heterocycles. The Morgan fingerprint density at radius 2 is 1.59 bits per heavy atom. The van der Waals surface area contributed by atoms with Crippen LogP contribution in [-0.4, -0.2) is 16.1 Å². The van der Waals surface area contributed by atoms with E-state index in [0.717, 1.165) is 5.56 Å². The number of thioether (sulfide) groups is 1. The standard InChI is InChI=1S/C26H17F2N3O2S/c27-19-8-6-18(7-9-19)24-29-21(15-33-24)16-34-26-30-23(14-17-4-2-1-3-5-17)25(32)31(26)22-12-10-20(28)11-13-22/h1-15H,16H2/b23-14+. The number of oxazole rings is 1. The highest BCUT2D eigenvalue weighted by atomic mass is 32.2. The third-order valence-electron chi connectivity index (χ3n) is 5.01. The molecule has 0 atom stereocenters. The molecular formula is C26H17F2N3O2S.